The minimum Gasteiger partial charge on any atom is -0.274 e. The van der Waals surface area contributed by atoms with E-state index in [1.807, 2.05) is 12.1 Å². The lowest BCUT2D eigenvalue weighted by Gasteiger charge is -2.18. The van der Waals surface area contributed by atoms with Crippen LogP contribution in [0.15, 0.2) is 29.2 Å². The molecule has 4 nitrogen and oxygen atoms in total. The zero-order valence-corrected chi connectivity index (χ0v) is 14.6. The number of carbonyl (C=O) groups is 2. The fourth-order valence-electron chi connectivity index (χ4n) is 1.95. The molecule has 1 N–H and O–H groups in total. The summed E-state index contributed by atoms with van der Waals surface area (Å²) in [5.41, 5.74) is 4.68. The maximum Gasteiger partial charge on any atom is 0.285 e. The molecule has 1 saturated heterocycles. The van der Waals surface area contributed by atoms with Crippen molar-refractivity contribution in [1.29, 1.82) is 0 Å². The van der Waals surface area contributed by atoms with Crippen LogP contribution in [-0.4, -0.2) is 21.1 Å². The summed E-state index contributed by atoms with van der Waals surface area (Å²) in [5.74, 6) is -0.628. The smallest absolute Gasteiger partial charge is 0.274 e. The molecule has 0 bridgehead atoms. The largest absolute Gasteiger partial charge is 0.285 e. The van der Waals surface area contributed by atoms with Gasteiger partial charge in [0.1, 0.15) is 0 Å². The molecule has 22 heavy (non-hydrogen) atoms. The van der Waals surface area contributed by atoms with Gasteiger partial charge in [0.15, 0.2) is 4.32 Å². The van der Waals surface area contributed by atoms with Crippen molar-refractivity contribution in [3.8, 4) is 0 Å². The predicted octanol–water partition coefficient (Wildman–Crippen LogP) is 3.24. The number of thioether (sulfide) groups is 1. The molecule has 1 aromatic carbocycles. The van der Waals surface area contributed by atoms with Crippen LogP contribution in [0.4, 0.5) is 0 Å². The van der Waals surface area contributed by atoms with Gasteiger partial charge in [-0.05, 0) is 34.8 Å². The van der Waals surface area contributed by atoms with Crippen molar-refractivity contribution in [2.24, 2.45) is 0 Å². The Morgan fingerprint density at radius 1 is 1.27 bits per heavy atom. The molecule has 0 saturated carbocycles. The SMILES string of the molecule is CC(=O)NN1C(=O)/C(=C/c2ccc(C(C)(C)C)cc2)SC1=S. The number of nitrogens with one attached hydrogen (secondary N) is 1. The summed E-state index contributed by atoms with van der Waals surface area (Å²) in [5, 5.41) is 1.11. The molecule has 1 aliphatic rings. The van der Waals surface area contributed by atoms with E-state index in [4.69, 9.17) is 12.2 Å². The first-order valence-corrected chi connectivity index (χ1v) is 8.06. The van der Waals surface area contributed by atoms with Crippen LogP contribution in [0.1, 0.15) is 38.8 Å². The molecular weight excluding hydrogens is 316 g/mol. The Labute approximate surface area is 139 Å². The van der Waals surface area contributed by atoms with Gasteiger partial charge in [0.2, 0.25) is 5.91 Å². The molecule has 0 atom stereocenters. The van der Waals surface area contributed by atoms with Gasteiger partial charge in [-0.3, -0.25) is 15.0 Å². The van der Waals surface area contributed by atoms with E-state index < -0.39 is 0 Å². The molecule has 0 aromatic heterocycles. The molecule has 0 radical (unpaired) electrons. The molecule has 0 unspecified atom stereocenters. The summed E-state index contributed by atoms with van der Waals surface area (Å²) in [6.07, 6.45) is 1.79. The Balaban J connectivity index is 2.22. The molecule has 1 aromatic rings. The van der Waals surface area contributed by atoms with Gasteiger partial charge in [0.05, 0.1) is 4.91 Å². The summed E-state index contributed by atoms with van der Waals surface area (Å²) >= 11 is 6.29. The van der Waals surface area contributed by atoms with Crippen LogP contribution >= 0.6 is 24.0 Å². The third-order valence-electron chi connectivity index (χ3n) is 3.14. The number of hydrogen-bond acceptors (Lipinski definition) is 4. The summed E-state index contributed by atoms with van der Waals surface area (Å²) in [4.78, 5) is 23.8. The Hall–Kier alpha value is -1.66. The second-order valence-corrected chi connectivity index (χ2v) is 7.73. The van der Waals surface area contributed by atoms with Crippen molar-refractivity contribution < 1.29 is 9.59 Å². The normalized spacial score (nSPS) is 17.3. The van der Waals surface area contributed by atoms with Crippen molar-refractivity contribution in [3.05, 3.63) is 40.3 Å². The van der Waals surface area contributed by atoms with E-state index in [0.717, 1.165) is 10.6 Å². The molecule has 6 heteroatoms. The zero-order chi connectivity index (χ0) is 16.5. The second-order valence-electron chi connectivity index (χ2n) is 6.06. The van der Waals surface area contributed by atoms with Crippen molar-refractivity contribution >= 4 is 46.2 Å². The van der Waals surface area contributed by atoms with Crippen LogP contribution < -0.4 is 5.43 Å². The number of benzene rings is 1. The summed E-state index contributed by atoms with van der Waals surface area (Å²) in [6.45, 7) is 7.80. The van der Waals surface area contributed by atoms with Gasteiger partial charge in [0.25, 0.3) is 5.91 Å². The monoisotopic (exact) mass is 334 g/mol. The highest BCUT2D eigenvalue weighted by Gasteiger charge is 2.32. The van der Waals surface area contributed by atoms with E-state index in [0.29, 0.717) is 9.23 Å². The van der Waals surface area contributed by atoms with E-state index in [1.165, 1.54) is 24.2 Å². The number of hydrogen-bond donors (Lipinski definition) is 1. The first-order valence-electron chi connectivity index (χ1n) is 6.84. The molecule has 1 heterocycles. The molecule has 0 spiro atoms. The quantitative estimate of drug-likeness (QED) is 0.666. The maximum atomic E-state index is 12.2. The summed E-state index contributed by atoms with van der Waals surface area (Å²) in [6, 6.07) is 8.07. The van der Waals surface area contributed by atoms with Crippen molar-refractivity contribution in [1.82, 2.24) is 10.4 Å². The van der Waals surface area contributed by atoms with Crippen molar-refractivity contribution in [2.75, 3.05) is 0 Å². The average molecular weight is 334 g/mol. The molecule has 1 fully saturated rings. The van der Waals surface area contributed by atoms with Crippen LogP contribution in [0.2, 0.25) is 0 Å². The molecular formula is C16H18N2O2S2. The Morgan fingerprint density at radius 2 is 1.86 bits per heavy atom. The van der Waals surface area contributed by atoms with Crippen molar-refractivity contribution in [2.45, 2.75) is 33.1 Å². The third-order valence-corrected chi connectivity index (χ3v) is 4.44. The number of nitrogens with zero attached hydrogens (tertiary/aromatic N) is 1. The number of thiocarbonyl (C=S) groups is 1. The van der Waals surface area contributed by atoms with E-state index >= 15 is 0 Å². The lowest BCUT2D eigenvalue weighted by atomic mass is 9.87. The molecule has 1 aliphatic heterocycles. The van der Waals surface area contributed by atoms with Crippen LogP contribution in [0, 0.1) is 0 Å². The van der Waals surface area contributed by atoms with E-state index in [1.54, 1.807) is 6.08 Å². The fourth-order valence-corrected chi connectivity index (χ4v) is 3.13. The lowest BCUT2D eigenvalue weighted by Crippen LogP contribution is -2.43. The van der Waals surface area contributed by atoms with Gasteiger partial charge in [-0.1, -0.05) is 56.8 Å². The molecule has 0 aliphatic carbocycles. The van der Waals surface area contributed by atoms with Crippen LogP contribution in [-0.2, 0) is 15.0 Å². The molecule has 116 valence electrons. The van der Waals surface area contributed by atoms with Gasteiger partial charge >= 0.3 is 0 Å². The van der Waals surface area contributed by atoms with E-state index in [9.17, 15) is 9.59 Å². The first-order chi connectivity index (χ1) is 10.2. The highest BCUT2D eigenvalue weighted by Crippen LogP contribution is 2.31. The topological polar surface area (TPSA) is 49.4 Å². The minimum atomic E-state index is -0.327. The number of hydrazine groups is 1. The van der Waals surface area contributed by atoms with Gasteiger partial charge < -0.3 is 0 Å². The van der Waals surface area contributed by atoms with Gasteiger partial charge in [-0.15, -0.1) is 0 Å². The maximum absolute atomic E-state index is 12.2. The van der Waals surface area contributed by atoms with Crippen molar-refractivity contribution in [3.63, 3.8) is 0 Å². The summed E-state index contributed by atoms with van der Waals surface area (Å²) in [7, 11) is 0. The van der Waals surface area contributed by atoms with Crippen LogP contribution in [0.3, 0.4) is 0 Å². The average Bonchev–Trinajstić information content (AvgIpc) is 2.66. The standard InChI is InChI=1S/C16H18N2O2S2/c1-10(19)17-18-14(20)13(22-15(18)21)9-11-5-7-12(8-6-11)16(2,3)4/h5-9H,1-4H3,(H,17,19)/b13-9-. The minimum absolute atomic E-state index is 0.0906. The predicted molar refractivity (Wildman–Crippen MR) is 94.0 cm³/mol. The first kappa shape index (κ1) is 16.7. The second kappa shape index (κ2) is 6.22. The highest BCUT2D eigenvalue weighted by molar-refractivity contribution is 8.26. The van der Waals surface area contributed by atoms with E-state index in [2.05, 4.69) is 38.3 Å². The van der Waals surface area contributed by atoms with Crippen LogP contribution in [0.5, 0.6) is 0 Å². The summed E-state index contributed by atoms with van der Waals surface area (Å²) < 4.78 is 0.331. The molecule has 2 rings (SSSR count). The Kier molecular flexibility index (Phi) is 4.72. The third kappa shape index (κ3) is 3.75. The van der Waals surface area contributed by atoms with Crippen LogP contribution in [0.25, 0.3) is 6.08 Å². The van der Waals surface area contributed by atoms with Gasteiger partial charge in [-0.2, -0.15) is 5.01 Å². The fraction of sp³-hybridized carbons (Fsp3) is 0.312. The number of carbonyl (C=O) groups excluding carboxylic acids is 2. The highest BCUT2D eigenvalue weighted by atomic mass is 32.2. The van der Waals surface area contributed by atoms with Gasteiger partial charge in [0, 0.05) is 6.92 Å². The van der Waals surface area contributed by atoms with E-state index in [-0.39, 0.29) is 17.2 Å². The Bertz CT molecular complexity index is 658. The number of amides is 2. The molecule has 2 amide bonds. The number of rotatable bonds is 2. The zero-order valence-electron chi connectivity index (χ0n) is 13.0. The van der Waals surface area contributed by atoms with Gasteiger partial charge in [-0.25, -0.2) is 0 Å². The Morgan fingerprint density at radius 3 is 2.36 bits per heavy atom. The lowest BCUT2D eigenvalue weighted by molar-refractivity contribution is -0.131.